The van der Waals surface area contributed by atoms with Crippen LogP contribution in [0.5, 0.6) is 0 Å². The largest absolute Gasteiger partial charge is 0.338 e. The van der Waals surface area contributed by atoms with Gasteiger partial charge in [-0.25, -0.2) is 0 Å². The molecule has 1 aromatic carbocycles. The predicted molar refractivity (Wildman–Crippen MR) is 112 cm³/mol. The third kappa shape index (κ3) is 3.83. The normalized spacial score (nSPS) is 21.7. The molecule has 1 atom stereocenters. The summed E-state index contributed by atoms with van der Waals surface area (Å²) in [7, 11) is 0. The van der Waals surface area contributed by atoms with Gasteiger partial charge in [-0.05, 0) is 68.3 Å². The minimum Gasteiger partial charge on any atom is -0.338 e. The number of carbonyl (C=O) groups excluding carboxylic acids is 1. The lowest BCUT2D eigenvalue weighted by Crippen LogP contribution is -2.34. The lowest BCUT2D eigenvalue weighted by Gasteiger charge is -2.22. The highest BCUT2D eigenvalue weighted by molar-refractivity contribution is 5.95. The van der Waals surface area contributed by atoms with Gasteiger partial charge in [0.15, 0.2) is 0 Å². The SMILES string of the molecule is Cl.O=C(c1ccccc1CC1CCNC1)N1CCc2[nH]nc(C3CC3)c2CC1. The van der Waals surface area contributed by atoms with Crippen molar-refractivity contribution in [3.8, 4) is 0 Å². The van der Waals surface area contributed by atoms with Crippen molar-refractivity contribution in [2.75, 3.05) is 26.2 Å². The molecule has 0 bridgehead atoms. The van der Waals surface area contributed by atoms with Crippen LogP contribution in [0.1, 0.15) is 58.1 Å². The van der Waals surface area contributed by atoms with Crippen LogP contribution in [0.15, 0.2) is 24.3 Å². The third-order valence-corrected chi connectivity index (χ3v) is 6.42. The summed E-state index contributed by atoms with van der Waals surface area (Å²) in [5.41, 5.74) is 6.01. The minimum absolute atomic E-state index is 0. The number of nitrogens with one attached hydrogen (secondary N) is 2. The van der Waals surface area contributed by atoms with Crippen molar-refractivity contribution in [2.24, 2.45) is 5.92 Å². The molecule has 1 saturated carbocycles. The van der Waals surface area contributed by atoms with E-state index in [-0.39, 0.29) is 18.3 Å². The molecule has 1 unspecified atom stereocenters. The van der Waals surface area contributed by atoms with E-state index >= 15 is 0 Å². The molecule has 5 nitrogen and oxygen atoms in total. The van der Waals surface area contributed by atoms with Crippen LogP contribution in [0.2, 0.25) is 0 Å². The van der Waals surface area contributed by atoms with E-state index in [1.165, 1.54) is 41.8 Å². The molecule has 0 radical (unpaired) electrons. The highest BCUT2D eigenvalue weighted by atomic mass is 35.5. The van der Waals surface area contributed by atoms with Crippen LogP contribution < -0.4 is 5.32 Å². The van der Waals surface area contributed by atoms with Crippen molar-refractivity contribution in [1.82, 2.24) is 20.4 Å². The van der Waals surface area contributed by atoms with Crippen molar-refractivity contribution in [2.45, 2.75) is 44.4 Å². The monoisotopic (exact) mass is 400 g/mol. The fourth-order valence-corrected chi connectivity index (χ4v) is 4.68. The van der Waals surface area contributed by atoms with Gasteiger partial charge in [0.25, 0.3) is 5.91 Å². The molecule has 2 fully saturated rings. The lowest BCUT2D eigenvalue weighted by atomic mass is 9.94. The van der Waals surface area contributed by atoms with E-state index in [4.69, 9.17) is 0 Å². The van der Waals surface area contributed by atoms with Crippen molar-refractivity contribution < 1.29 is 4.79 Å². The van der Waals surface area contributed by atoms with E-state index in [0.717, 1.165) is 51.0 Å². The molecular weight excluding hydrogens is 372 g/mol. The summed E-state index contributed by atoms with van der Waals surface area (Å²) >= 11 is 0. The van der Waals surface area contributed by atoms with Crippen LogP contribution in [-0.4, -0.2) is 47.2 Å². The van der Waals surface area contributed by atoms with Crippen LogP contribution in [0.25, 0.3) is 0 Å². The number of rotatable bonds is 4. The smallest absolute Gasteiger partial charge is 0.254 e. The van der Waals surface area contributed by atoms with Crippen molar-refractivity contribution in [1.29, 1.82) is 0 Å². The number of benzene rings is 1. The highest BCUT2D eigenvalue weighted by Crippen LogP contribution is 2.41. The number of aromatic nitrogens is 2. The Morgan fingerprint density at radius 2 is 1.96 bits per heavy atom. The summed E-state index contributed by atoms with van der Waals surface area (Å²) < 4.78 is 0. The van der Waals surface area contributed by atoms with Crippen LogP contribution in [-0.2, 0) is 19.3 Å². The number of halogens is 1. The number of nitrogens with zero attached hydrogens (tertiary/aromatic N) is 2. The molecule has 5 rings (SSSR count). The van der Waals surface area contributed by atoms with Gasteiger partial charge in [-0.3, -0.25) is 9.89 Å². The quantitative estimate of drug-likeness (QED) is 0.828. The number of fused-ring (bicyclic) bond motifs is 1. The number of aromatic amines is 1. The first-order valence-corrected chi connectivity index (χ1v) is 10.4. The molecule has 1 saturated heterocycles. The second kappa shape index (κ2) is 8.26. The zero-order valence-corrected chi connectivity index (χ0v) is 17.1. The highest BCUT2D eigenvalue weighted by Gasteiger charge is 2.32. The lowest BCUT2D eigenvalue weighted by molar-refractivity contribution is 0.0761. The number of H-pyrrole nitrogens is 1. The van der Waals surface area contributed by atoms with Gasteiger partial charge in [0.05, 0.1) is 5.69 Å². The Bertz CT molecular complexity index is 839. The average molecular weight is 401 g/mol. The predicted octanol–water partition coefficient (Wildman–Crippen LogP) is 3.10. The van der Waals surface area contributed by atoms with E-state index in [0.29, 0.717) is 11.8 Å². The second-order valence-corrected chi connectivity index (χ2v) is 8.35. The molecule has 3 aliphatic rings. The van der Waals surface area contributed by atoms with Gasteiger partial charge in [-0.15, -0.1) is 12.4 Å². The summed E-state index contributed by atoms with van der Waals surface area (Å²) in [4.78, 5) is 15.4. The fourth-order valence-electron chi connectivity index (χ4n) is 4.68. The maximum Gasteiger partial charge on any atom is 0.254 e. The minimum atomic E-state index is 0. The zero-order chi connectivity index (χ0) is 18.2. The van der Waals surface area contributed by atoms with Gasteiger partial charge < -0.3 is 10.2 Å². The first kappa shape index (κ1) is 19.5. The van der Waals surface area contributed by atoms with Crippen LogP contribution in [0, 0.1) is 5.92 Å². The molecule has 150 valence electrons. The van der Waals surface area contributed by atoms with Gasteiger partial charge in [0.2, 0.25) is 0 Å². The topological polar surface area (TPSA) is 61.0 Å². The van der Waals surface area contributed by atoms with E-state index in [1.807, 2.05) is 12.1 Å². The third-order valence-electron chi connectivity index (χ3n) is 6.42. The summed E-state index contributed by atoms with van der Waals surface area (Å²) in [6.07, 6.45) is 6.55. The maximum atomic E-state index is 13.3. The van der Waals surface area contributed by atoms with E-state index in [1.54, 1.807) is 0 Å². The molecule has 28 heavy (non-hydrogen) atoms. The Morgan fingerprint density at radius 1 is 1.14 bits per heavy atom. The van der Waals surface area contributed by atoms with E-state index in [9.17, 15) is 4.79 Å². The van der Waals surface area contributed by atoms with Gasteiger partial charge in [0, 0.05) is 36.7 Å². The molecule has 6 heteroatoms. The van der Waals surface area contributed by atoms with Crippen molar-refractivity contribution >= 4 is 18.3 Å². The Balaban J connectivity index is 0.00000192. The Hall–Kier alpha value is -1.85. The average Bonchev–Trinajstić information content (AvgIpc) is 3.33. The van der Waals surface area contributed by atoms with Crippen LogP contribution in [0.4, 0.5) is 0 Å². The van der Waals surface area contributed by atoms with E-state index in [2.05, 4.69) is 32.5 Å². The fraction of sp³-hybridized carbons (Fsp3) is 0.545. The Labute approximate surface area is 172 Å². The Kier molecular flexibility index (Phi) is 5.74. The zero-order valence-electron chi connectivity index (χ0n) is 16.2. The first-order chi connectivity index (χ1) is 13.3. The summed E-state index contributed by atoms with van der Waals surface area (Å²) in [5, 5.41) is 11.3. The molecule has 1 amide bonds. The molecule has 0 spiro atoms. The van der Waals surface area contributed by atoms with Gasteiger partial charge in [0.1, 0.15) is 0 Å². The van der Waals surface area contributed by atoms with Crippen LogP contribution in [0.3, 0.4) is 0 Å². The van der Waals surface area contributed by atoms with Crippen molar-refractivity contribution in [3.63, 3.8) is 0 Å². The number of hydrogen-bond donors (Lipinski definition) is 2. The van der Waals surface area contributed by atoms with Gasteiger partial charge >= 0.3 is 0 Å². The number of amides is 1. The standard InChI is InChI=1S/C22H28N4O.ClH/c27-22(18-4-2-1-3-17(18)13-15-7-10-23-14-15)26-11-8-19-20(9-12-26)24-25-21(19)16-5-6-16;/h1-4,15-16,23H,5-14H2,(H,24,25);1H. The van der Waals surface area contributed by atoms with Gasteiger partial charge in [-0.2, -0.15) is 5.10 Å². The van der Waals surface area contributed by atoms with E-state index < -0.39 is 0 Å². The maximum absolute atomic E-state index is 13.3. The Morgan fingerprint density at radius 3 is 2.75 bits per heavy atom. The molecule has 1 aliphatic carbocycles. The first-order valence-electron chi connectivity index (χ1n) is 10.4. The molecule has 2 N–H and O–H groups in total. The molecular formula is C22H29ClN4O. The van der Waals surface area contributed by atoms with Crippen LogP contribution >= 0.6 is 12.4 Å². The summed E-state index contributed by atoms with van der Waals surface area (Å²) in [6, 6.07) is 8.22. The molecule has 3 heterocycles. The summed E-state index contributed by atoms with van der Waals surface area (Å²) in [5.74, 6) is 1.51. The molecule has 2 aromatic rings. The second-order valence-electron chi connectivity index (χ2n) is 8.35. The number of carbonyl (C=O) groups is 1. The van der Waals surface area contributed by atoms with Gasteiger partial charge in [-0.1, -0.05) is 18.2 Å². The molecule has 2 aliphatic heterocycles. The number of hydrogen-bond acceptors (Lipinski definition) is 3. The molecule has 1 aromatic heterocycles. The summed E-state index contributed by atoms with van der Waals surface area (Å²) in [6.45, 7) is 3.74. The van der Waals surface area contributed by atoms with Crippen molar-refractivity contribution in [3.05, 3.63) is 52.3 Å².